The number of carbonyl (C=O) groups excluding carboxylic acids is 1. The predicted octanol–water partition coefficient (Wildman–Crippen LogP) is 5.14. The lowest BCUT2D eigenvalue weighted by atomic mass is 9.93. The number of anilines is 2. The Bertz CT molecular complexity index is 1620. The number of rotatable bonds is 12. The van der Waals surface area contributed by atoms with Crippen LogP contribution in [0.4, 0.5) is 11.4 Å². The number of fused-ring (bicyclic) bond motifs is 1. The molecule has 2 aliphatic heterocycles. The molecule has 0 saturated carbocycles. The third kappa shape index (κ3) is 7.26. The van der Waals surface area contributed by atoms with Crippen molar-refractivity contribution in [2.75, 3.05) is 49.6 Å². The number of nitrogens with zero attached hydrogens (tertiary/aromatic N) is 4. The quantitative estimate of drug-likeness (QED) is 0.237. The number of carboxylic acids is 1. The Hall–Kier alpha value is -4.89. The van der Waals surface area contributed by atoms with E-state index in [0.29, 0.717) is 37.9 Å². The van der Waals surface area contributed by atoms with Crippen molar-refractivity contribution in [2.24, 2.45) is 0 Å². The van der Waals surface area contributed by atoms with Crippen molar-refractivity contribution in [2.45, 2.75) is 32.0 Å². The molecule has 45 heavy (non-hydrogen) atoms. The summed E-state index contributed by atoms with van der Waals surface area (Å²) in [6, 6.07) is 30.0. The van der Waals surface area contributed by atoms with E-state index in [-0.39, 0.29) is 18.2 Å². The second-order valence-electron chi connectivity index (χ2n) is 11.5. The topological polar surface area (TPSA) is 95.4 Å². The Morgan fingerprint density at radius 3 is 2.20 bits per heavy atom. The highest BCUT2D eigenvalue weighted by Gasteiger charge is 2.36. The van der Waals surface area contributed by atoms with Gasteiger partial charge in [-0.25, -0.2) is 0 Å². The van der Waals surface area contributed by atoms with E-state index in [1.54, 1.807) is 4.90 Å². The van der Waals surface area contributed by atoms with Crippen LogP contribution in [-0.2, 0) is 29.2 Å². The van der Waals surface area contributed by atoms with E-state index in [0.717, 1.165) is 59.8 Å². The van der Waals surface area contributed by atoms with Gasteiger partial charge in [0.25, 0.3) is 0 Å². The number of pyridine rings is 1. The summed E-state index contributed by atoms with van der Waals surface area (Å²) >= 11 is 0. The summed E-state index contributed by atoms with van der Waals surface area (Å²) < 4.78 is 12.3. The molecule has 3 aromatic carbocycles. The molecule has 6 rings (SSSR count). The van der Waals surface area contributed by atoms with Gasteiger partial charge < -0.3 is 24.4 Å². The van der Waals surface area contributed by atoms with Crippen molar-refractivity contribution in [3.05, 3.63) is 113 Å². The number of benzene rings is 3. The maximum Gasteiger partial charge on any atom is 0.304 e. The van der Waals surface area contributed by atoms with Gasteiger partial charge in [-0.15, -0.1) is 0 Å². The van der Waals surface area contributed by atoms with Crippen LogP contribution < -0.4 is 19.3 Å². The van der Waals surface area contributed by atoms with Gasteiger partial charge in [0.15, 0.2) is 0 Å². The summed E-state index contributed by atoms with van der Waals surface area (Å²) in [5.74, 6) is -0.154. The second-order valence-corrected chi connectivity index (χ2v) is 11.5. The zero-order valence-electron chi connectivity index (χ0n) is 25.5. The normalized spacial score (nSPS) is 16.5. The van der Waals surface area contributed by atoms with Gasteiger partial charge in [-0.3, -0.25) is 14.5 Å². The number of piperazine rings is 1. The molecular formula is C36H38N4O5. The van der Waals surface area contributed by atoms with Gasteiger partial charge in [0.2, 0.25) is 17.7 Å². The lowest BCUT2D eigenvalue weighted by Gasteiger charge is -2.36. The Labute approximate surface area is 263 Å². The van der Waals surface area contributed by atoms with Crippen LogP contribution in [0.5, 0.6) is 11.8 Å². The fourth-order valence-corrected chi connectivity index (χ4v) is 5.97. The van der Waals surface area contributed by atoms with Crippen LogP contribution in [0.25, 0.3) is 0 Å². The Kier molecular flexibility index (Phi) is 9.26. The molecule has 9 nitrogen and oxygen atoms in total. The predicted molar refractivity (Wildman–Crippen MR) is 173 cm³/mol. The van der Waals surface area contributed by atoms with E-state index in [2.05, 4.69) is 28.0 Å². The number of aromatic nitrogens is 1. The van der Waals surface area contributed by atoms with Crippen LogP contribution >= 0.6 is 0 Å². The molecular weight excluding hydrogens is 568 g/mol. The molecule has 232 valence electrons. The van der Waals surface area contributed by atoms with Crippen molar-refractivity contribution in [1.29, 1.82) is 0 Å². The van der Waals surface area contributed by atoms with Gasteiger partial charge in [-0.05, 0) is 41.3 Å². The van der Waals surface area contributed by atoms with Gasteiger partial charge in [-0.2, -0.15) is 4.98 Å². The van der Waals surface area contributed by atoms with E-state index in [9.17, 15) is 9.59 Å². The van der Waals surface area contributed by atoms with Crippen molar-refractivity contribution in [1.82, 2.24) is 9.88 Å². The highest BCUT2D eigenvalue weighted by atomic mass is 16.5. The number of aliphatic carboxylic acids is 1. The lowest BCUT2D eigenvalue weighted by molar-refractivity contribution is -0.137. The molecule has 2 aliphatic rings. The number of hydrogen-bond donors (Lipinski definition) is 1. The van der Waals surface area contributed by atoms with Crippen LogP contribution in [0.2, 0.25) is 0 Å². The standard InChI is InChI=1S/C36H38N4O5/c1-38-32-23-29(40-20-18-39(19-21-40)17-16-34(41)42)13-14-30(32)31(36(38)43)22-28-12-15-33(44-24-26-8-4-2-5-9-26)37-35(28)45-25-27-10-6-3-7-11-27/h2-15,23,31H,16-22,24-25H2,1H3,(H,41,42)/t31-/m0/s1. The number of hydrogen-bond acceptors (Lipinski definition) is 7. The monoisotopic (exact) mass is 606 g/mol. The molecule has 1 atom stereocenters. The summed E-state index contributed by atoms with van der Waals surface area (Å²) in [5, 5.41) is 9.00. The third-order valence-corrected chi connectivity index (χ3v) is 8.54. The van der Waals surface area contributed by atoms with Crippen LogP contribution in [0.15, 0.2) is 91.0 Å². The van der Waals surface area contributed by atoms with E-state index in [1.807, 2.05) is 79.8 Å². The minimum atomic E-state index is -0.767. The highest BCUT2D eigenvalue weighted by molar-refractivity contribution is 6.05. The van der Waals surface area contributed by atoms with Gasteiger partial charge in [-0.1, -0.05) is 66.7 Å². The van der Waals surface area contributed by atoms with E-state index in [1.165, 1.54) is 0 Å². The molecule has 1 aromatic heterocycles. The van der Waals surface area contributed by atoms with Crippen molar-refractivity contribution in [3.8, 4) is 11.8 Å². The first-order chi connectivity index (χ1) is 21.9. The largest absolute Gasteiger partial charge is 0.481 e. The molecule has 1 fully saturated rings. The molecule has 3 heterocycles. The first kappa shape index (κ1) is 30.1. The minimum absolute atomic E-state index is 0.0408. The lowest BCUT2D eigenvalue weighted by Crippen LogP contribution is -2.46. The fourth-order valence-electron chi connectivity index (χ4n) is 5.97. The Morgan fingerprint density at radius 2 is 1.53 bits per heavy atom. The summed E-state index contributed by atoms with van der Waals surface area (Å²) in [6.45, 7) is 4.56. The Morgan fingerprint density at radius 1 is 0.867 bits per heavy atom. The van der Waals surface area contributed by atoms with E-state index < -0.39 is 5.97 Å². The zero-order chi connectivity index (χ0) is 31.2. The molecule has 1 saturated heterocycles. The van der Waals surface area contributed by atoms with Gasteiger partial charge in [0, 0.05) is 62.8 Å². The van der Waals surface area contributed by atoms with Crippen LogP contribution in [-0.4, -0.2) is 66.6 Å². The van der Waals surface area contributed by atoms with Crippen molar-refractivity contribution < 1.29 is 24.2 Å². The minimum Gasteiger partial charge on any atom is -0.481 e. The molecule has 1 N–H and O–H groups in total. The van der Waals surface area contributed by atoms with Crippen molar-refractivity contribution in [3.63, 3.8) is 0 Å². The average Bonchev–Trinajstić information content (AvgIpc) is 3.31. The van der Waals surface area contributed by atoms with E-state index >= 15 is 0 Å². The maximum atomic E-state index is 13.6. The van der Waals surface area contributed by atoms with Crippen LogP contribution in [0.1, 0.15) is 34.6 Å². The van der Waals surface area contributed by atoms with Crippen LogP contribution in [0, 0.1) is 0 Å². The third-order valence-electron chi connectivity index (χ3n) is 8.54. The molecule has 1 amide bonds. The van der Waals surface area contributed by atoms with Crippen LogP contribution in [0.3, 0.4) is 0 Å². The molecule has 0 bridgehead atoms. The number of carbonyl (C=O) groups is 2. The number of ether oxygens (including phenoxy) is 2. The fraction of sp³-hybridized carbons (Fsp3) is 0.306. The Balaban J connectivity index is 1.19. The molecule has 0 spiro atoms. The van der Waals surface area contributed by atoms with Gasteiger partial charge >= 0.3 is 5.97 Å². The smallest absolute Gasteiger partial charge is 0.304 e. The molecule has 0 radical (unpaired) electrons. The van der Waals surface area contributed by atoms with Crippen molar-refractivity contribution >= 4 is 23.3 Å². The maximum absolute atomic E-state index is 13.6. The summed E-state index contributed by atoms with van der Waals surface area (Å²) in [7, 11) is 1.83. The SMILES string of the molecule is CN1C(=O)[C@@H](Cc2ccc(OCc3ccccc3)nc2OCc2ccccc2)c2ccc(N3CCN(CCC(=O)O)CC3)cc21. The summed E-state index contributed by atoms with van der Waals surface area (Å²) in [4.78, 5) is 35.5. The number of amides is 1. The zero-order valence-corrected chi connectivity index (χ0v) is 25.5. The van der Waals surface area contributed by atoms with Gasteiger partial charge in [0.1, 0.15) is 13.2 Å². The summed E-state index contributed by atoms with van der Waals surface area (Å²) in [5.41, 5.74) is 5.89. The van der Waals surface area contributed by atoms with E-state index in [4.69, 9.17) is 19.6 Å². The molecule has 4 aromatic rings. The molecule has 9 heteroatoms. The number of likely N-dealkylation sites (N-methyl/N-ethyl adjacent to an activating group) is 1. The second kappa shape index (κ2) is 13.8. The highest BCUT2D eigenvalue weighted by Crippen LogP contribution is 2.41. The summed E-state index contributed by atoms with van der Waals surface area (Å²) in [6.07, 6.45) is 0.610. The number of carboxylic acid groups (broad SMARTS) is 1. The average molecular weight is 607 g/mol. The first-order valence-corrected chi connectivity index (χ1v) is 15.4. The molecule has 0 unspecified atom stereocenters. The first-order valence-electron chi connectivity index (χ1n) is 15.4. The van der Waals surface area contributed by atoms with Gasteiger partial charge in [0.05, 0.1) is 12.3 Å². The molecule has 0 aliphatic carbocycles.